The van der Waals surface area contributed by atoms with Crippen LogP contribution in [0.4, 0.5) is 23.2 Å². The second kappa shape index (κ2) is 6.95. The standard InChI is InChI=1S/C17H11F4N3O2/c18-12-3-1-2-4-13(12)22-15(25)11-7-5-10(6-8-11)9-14-23-16(26-24-14)17(19,20)21/h1-8H,9H2,(H,22,25). The molecule has 9 heteroatoms. The molecule has 2 aromatic carbocycles. The molecule has 0 aliphatic rings. The van der Waals surface area contributed by atoms with Gasteiger partial charge in [0.15, 0.2) is 5.82 Å². The zero-order valence-corrected chi connectivity index (χ0v) is 13.0. The van der Waals surface area contributed by atoms with Crippen LogP contribution in [0.1, 0.15) is 27.6 Å². The number of carbonyl (C=O) groups excluding carboxylic acids is 1. The van der Waals surface area contributed by atoms with Crippen molar-refractivity contribution in [3.8, 4) is 0 Å². The summed E-state index contributed by atoms with van der Waals surface area (Å²) < 4.78 is 55.0. The SMILES string of the molecule is O=C(Nc1ccccc1F)c1ccc(Cc2noc(C(F)(F)F)n2)cc1. The van der Waals surface area contributed by atoms with Gasteiger partial charge in [-0.25, -0.2) is 4.39 Å². The average molecular weight is 365 g/mol. The number of rotatable bonds is 4. The highest BCUT2D eigenvalue weighted by Gasteiger charge is 2.38. The molecular formula is C17H11F4N3O2. The van der Waals surface area contributed by atoms with Crippen LogP contribution in [0.3, 0.4) is 0 Å². The number of para-hydroxylation sites is 1. The summed E-state index contributed by atoms with van der Waals surface area (Å²) in [5.41, 5.74) is 0.899. The van der Waals surface area contributed by atoms with E-state index in [1.165, 1.54) is 30.3 Å². The predicted octanol–water partition coefficient (Wildman–Crippen LogP) is 4.07. The summed E-state index contributed by atoms with van der Waals surface area (Å²) in [4.78, 5) is 15.4. The number of amides is 1. The van der Waals surface area contributed by atoms with Crippen LogP contribution >= 0.6 is 0 Å². The minimum Gasteiger partial charge on any atom is -0.329 e. The third-order valence-corrected chi connectivity index (χ3v) is 3.41. The predicted molar refractivity (Wildman–Crippen MR) is 82.9 cm³/mol. The Kier molecular flexibility index (Phi) is 4.70. The van der Waals surface area contributed by atoms with Crippen molar-refractivity contribution < 1.29 is 26.9 Å². The molecule has 0 radical (unpaired) electrons. The van der Waals surface area contributed by atoms with E-state index in [4.69, 9.17) is 0 Å². The third kappa shape index (κ3) is 4.05. The van der Waals surface area contributed by atoms with Gasteiger partial charge in [-0.1, -0.05) is 29.4 Å². The van der Waals surface area contributed by atoms with Crippen molar-refractivity contribution in [1.82, 2.24) is 10.1 Å². The van der Waals surface area contributed by atoms with E-state index in [2.05, 4.69) is 20.0 Å². The van der Waals surface area contributed by atoms with Crippen LogP contribution in [0.5, 0.6) is 0 Å². The number of halogens is 4. The third-order valence-electron chi connectivity index (χ3n) is 3.41. The van der Waals surface area contributed by atoms with E-state index in [0.717, 1.165) is 0 Å². The Morgan fingerprint density at radius 3 is 2.38 bits per heavy atom. The number of hydrogen-bond donors (Lipinski definition) is 1. The van der Waals surface area contributed by atoms with Crippen molar-refractivity contribution >= 4 is 11.6 Å². The number of anilines is 1. The van der Waals surface area contributed by atoms with Gasteiger partial charge in [0.1, 0.15) is 5.82 Å². The number of hydrogen-bond acceptors (Lipinski definition) is 4. The largest absolute Gasteiger partial charge is 0.471 e. The van der Waals surface area contributed by atoms with Crippen LogP contribution in [0, 0.1) is 5.82 Å². The monoisotopic (exact) mass is 365 g/mol. The first kappa shape index (κ1) is 17.6. The van der Waals surface area contributed by atoms with Gasteiger partial charge in [-0.3, -0.25) is 4.79 Å². The first-order chi connectivity index (χ1) is 12.3. The molecule has 1 heterocycles. The minimum atomic E-state index is -4.69. The van der Waals surface area contributed by atoms with Crippen LogP contribution < -0.4 is 5.32 Å². The van der Waals surface area contributed by atoms with Gasteiger partial charge in [-0.15, -0.1) is 0 Å². The van der Waals surface area contributed by atoms with Gasteiger partial charge in [0.2, 0.25) is 0 Å². The molecule has 0 saturated heterocycles. The van der Waals surface area contributed by atoms with Crippen molar-refractivity contribution in [1.29, 1.82) is 0 Å². The average Bonchev–Trinajstić information content (AvgIpc) is 3.06. The maximum atomic E-state index is 13.5. The highest BCUT2D eigenvalue weighted by Crippen LogP contribution is 2.27. The van der Waals surface area contributed by atoms with E-state index < -0.39 is 23.8 Å². The highest BCUT2D eigenvalue weighted by molar-refractivity contribution is 6.04. The molecule has 0 unspecified atom stereocenters. The molecule has 1 N–H and O–H groups in total. The molecule has 1 aromatic heterocycles. The number of nitrogens with zero attached hydrogens (tertiary/aromatic N) is 2. The lowest BCUT2D eigenvalue weighted by Crippen LogP contribution is -2.12. The summed E-state index contributed by atoms with van der Waals surface area (Å²) in [6, 6.07) is 11.8. The van der Waals surface area contributed by atoms with Crippen molar-refractivity contribution in [3.63, 3.8) is 0 Å². The van der Waals surface area contributed by atoms with Crippen LogP contribution in [-0.4, -0.2) is 16.0 Å². The van der Waals surface area contributed by atoms with Crippen molar-refractivity contribution in [2.75, 3.05) is 5.32 Å². The lowest BCUT2D eigenvalue weighted by Gasteiger charge is -2.06. The summed E-state index contributed by atoms with van der Waals surface area (Å²) in [6.07, 6.45) is -4.69. The van der Waals surface area contributed by atoms with Gasteiger partial charge in [0.05, 0.1) is 5.69 Å². The fraction of sp³-hybridized carbons (Fsp3) is 0.118. The molecule has 0 atom stereocenters. The van der Waals surface area contributed by atoms with Gasteiger partial charge >= 0.3 is 12.1 Å². The number of aromatic nitrogens is 2. The van der Waals surface area contributed by atoms with Crippen molar-refractivity contribution in [2.24, 2.45) is 0 Å². The van der Waals surface area contributed by atoms with Gasteiger partial charge in [0, 0.05) is 12.0 Å². The molecule has 26 heavy (non-hydrogen) atoms. The maximum Gasteiger partial charge on any atom is 0.471 e. The molecule has 0 fully saturated rings. The zero-order chi connectivity index (χ0) is 18.7. The topological polar surface area (TPSA) is 68.0 Å². The number of carbonyl (C=O) groups is 1. The van der Waals surface area contributed by atoms with Gasteiger partial charge < -0.3 is 9.84 Å². The van der Waals surface area contributed by atoms with Gasteiger partial charge in [-0.2, -0.15) is 18.2 Å². The van der Waals surface area contributed by atoms with Crippen molar-refractivity contribution in [3.05, 3.63) is 77.2 Å². The second-order valence-corrected chi connectivity index (χ2v) is 5.32. The molecule has 0 aliphatic heterocycles. The molecule has 3 rings (SSSR count). The molecule has 0 saturated carbocycles. The highest BCUT2D eigenvalue weighted by atomic mass is 19.4. The Bertz CT molecular complexity index is 920. The van der Waals surface area contributed by atoms with E-state index in [0.29, 0.717) is 5.56 Å². The molecule has 134 valence electrons. The lowest BCUT2D eigenvalue weighted by atomic mass is 10.1. The maximum absolute atomic E-state index is 13.5. The Labute approximate surface area is 144 Å². The van der Waals surface area contributed by atoms with E-state index in [-0.39, 0.29) is 23.5 Å². The number of nitrogens with one attached hydrogen (secondary N) is 1. The summed E-state index contributed by atoms with van der Waals surface area (Å²) in [5.74, 6) is -2.61. The molecule has 0 bridgehead atoms. The smallest absolute Gasteiger partial charge is 0.329 e. The fourth-order valence-corrected chi connectivity index (χ4v) is 2.15. The molecule has 3 aromatic rings. The summed E-state index contributed by atoms with van der Waals surface area (Å²) in [5, 5.41) is 5.71. The molecule has 5 nitrogen and oxygen atoms in total. The van der Waals surface area contributed by atoms with Crippen LogP contribution in [0.25, 0.3) is 0 Å². The first-order valence-electron chi connectivity index (χ1n) is 7.37. The molecular weight excluding hydrogens is 354 g/mol. The lowest BCUT2D eigenvalue weighted by molar-refractivity contribution is -0.159. The van der Waals surface area contributed by atoms with E-state index in [9.17, 15) is 22.4 Å². The van der Waals surface area contributed by atoms with E-state index in [1.807, 2.05) is 0 Å². The minimum absolute atomic E-state index is 0.00872. The Morgan fingerprint density at radius 1 is 1.08 bits per heavy atom. The van der Waals surface area contributed by atoms with Gasteiger partial charge in [0.25, 0.3) is 5.91 Å². The summed E-state index contributed by atoms with van der Waals surface area (Å²) in [6.45, 7) is 0. The van der Waals surface area contributed by atoms with Gasteiger partial charge in [-0.05, 0) is 29.8 Å². The van der Waals surface area contributed by atoms with Crippen LogP contribution in [-0.2, 0) is 12.6 Å². The van der Waals surface area contributed by atoms with Crippen LogP contribution in [0.15, 0.2) is 53.1 Å². The number of alkyl halides is 3. The summed E-state index contributed by atoms with van der Waals surface area (Å²) in [7, 11) is 0. The number of benzene rings is 2. The molecule has 0 spiro atoms. The second-order valence-electron chi connectivity index (χ2n) is 5.32. The molecule has 1 amide bonds. The Balaban J connectivity index is 1.67. The van der Waals surface area contributed by atoms with Crippen molar-refractivity contribution in [2.45, 2.75) is 12.6 Å². The van der Waals surface area contributed by atoms with E-state index >= 15 is 0 Å². The molecule has 0 aliphatic carbocycles. The summed E-state index contributed by atoms with van der Waals surface area (Å²) >= 11 is 0. The normalized spacial score (nSPS) is 11.4. The van der Waals surface area contributed by atoms with Crippen LogP contribution in [0.2, 0.25) is 0 Å². The quantitative estimate of drug-likeness (QED) is 0.708. The van der Waals surface area contributed by atoms with E-state index in [1.54, 1.807) is 18.2 Å². The Morgan fingerprint density at radius 2 is 1.77 bits per heavy atom. The first-order valence-corrected chi connectivity index (χ1v) is 7.37. The fourth-order valence-electron chi connectivity index (χ4n) is 2.15. The zero-order valence-electron chi connectivity index (χ0n) is 13.0. The Hall–Kier alpha value is -3.23.